The molecule has 2 rings (SSSR count). The van der Waals surface area contributed by atoms with Gasteiger partial charge in [0.1, 0.15) is 6.54 Å². The number of anilines is 3. The Morgan fingerprint density at radius 1 is 1.45 bits per heavy atom. The van der Waals surface area contributed by atoms with Crippen molar-refractivity contribution in [3.05, 3.63) is 0 Å². The lowest BCUT2D eigenvalue weighted by atomic mass is 9.99. The van der Waals surface area contributed by atoms with Gasteiger partial charge in [0, 0.05) is 6.42 Å². The highest BCUT2D eigenvalue weighted by atomic mass is 19.3. The van der Waals surface area contributed by atoms with E-state index < -0.39 is 12.5 Å². The number of hydrogen-bond acceptors (Lipinski definition) is 6. The first-order chi connectivity index (χ1) is 10.1. The second kappa shape index (κ2) is 5.71. The first-order valence-corrected chi connectivity index (χ1v) is 7.06. The van der Waals surface area contributed by atoms with Gasteiger partial charge in [0.15, 0.2) is 5.69 Å². The highest BCUT2D eigenvalue weighted by molar-refractivity contribution is 5.73. The fraction of sp³-hybridized carbons (Fsp3) is 0.692. The number of nitrogen functional groups attached to an aromatic ring is 2. The maximum Gasteiger partial charge on any atom is 0.433 e. The van der Waals surface area contributed by atoms with Crippen LogP contribution in [0.1, 0.15) is 27.2 Å². The van der Waals surface area contributed by atoms with Crippen LogP contribution in [0.25, 0.3) is 0 Å². The zero-order valence-corrected chi connectivity index (χ0v) is 13.0. The molecule has 9 heteroatoms. The molecule has 2 heterocycles. The number of hydrazine groups is 1. The summed E-state index contributed by atoms with van der Waals surface area (Å²) >= 11 is 0. The molecule has 0 bridgehead atoms. The van der Waals surface area contributed by atoms with Crippen LogP contribution in [0, 0.1) is 5.41 Å². The van der Waals surface area contributed by atoms with E-state index in [9.17, 15) is 8.78 Å². The van der Waals surface area contributed by atoms with Crippen molar-refractivity contribution >= 4 is 17.3 Å². The van der Waals surface area contributed by atoms with Gasteiger partial charge < -0.3 is 10.5 Å². The fourth-order valence-corrected chi connectivity index (χ4v) is 2.11. The Kier molecular flexibility index (Phi) is 4.28. The smallest absolute Gasteiger partial charge is 0.433 e. The van der Waals surface area contributed by atoms with Gasteiger partial charge in [-0.3, -0.25) is 10.3 Å². The molecule has 1 aliphatic heterocycles. The van der Waals surface area contributed by atoms with E-state index in [1.165, 1.54) is 4.90 Å². The molecule has 0 unspecified atom stereocenters. The van der Waals surface area contributed by atoms with E-state index in [4.69, 9.17) is 16.3 Å². The van der Waals surface area contributed by atoms with E-state index in [-0.39, 0.29) is 35.9 Å². The number of rotatable bonds is 4. The van der Waals surface area contributed by atoms with E-state index in [0.29, 0.717) is 12.4 Å². The lowest BCUT2D eigenvalue weighted by Gasteiger charge is -2.18. The van der Waals surface area contributed by atoms with Gasteiger partial charge in [-0.05, 0) is 10.4 Å². The molecule has 0 amide bonds. The number of alkyl halides is 2. The zero-order chi connectivity index (χ0) is 16.5. The van der Waals surface area contributed by atoms with Crippen LogP contribution in [0.4, 0.5) is 26.1 Å². The molecule has 1 aromatic rings. The van der Waals surface area contributed by atoms with Crippen LogP contribution in [-0.2, 0) is 0 Å². The highest BCUT2D eigenvalue weighted by Gasteiger charge is 2.43. The zero-order valence-electron chi connectivity index (χ0n) is 13.0. The summed E-state index contributed by atoms with van der Waals surface area (Å²) < 4.78 is 32.4. The van der Waals surface area contributed by atoms with Crippen LogP contribution in [0.3, 0.4) is 0 Å². The van der Waals surface area contributed by atoms with Crippen LogP contribution in [0.15, 0.2) is 0 Å². The summed E-state index contributed by atoms with van der Waals surface area (Å²) in [4.78, 5) is 8.46. The van der Waals surface area contributed by atoms with Crippen LogP contribution in [-0.4, -0.2) is 30.6 Å². The Morgan fingerprint density at radius 2 is 2.14 bits per heavy atom. The maximum absolute atomic E-state index is 13.4. The number of nitrogens with one attached hydrogen (secondary N) is 2. The standard InChI is InChI=1S/C13H22F2N6O/c1-12(2,3)7-22-11-18-9(20-17)8(16)10(19-11)21-5-4-13(14,15)6-21/h4-7,16-17H2,1-3H3,(H,18,19,20)/p+1. The minimum atomic E-state index is -2.73. The average molecular weight is 317 g/mol. The Labute approximate surface area is 128 Å². The van der Waals surface area contributed by atoms with E-state index >= 15 is 0 Å². The molecule has 124 valence electrons. The van der Waals surface area contributed by atoms with Crippen molar-refractivity contribution in [1.29, 1.82) is 0 Å². The van der Waals surface area contributed by atoms with E-state index in [1.807, 2.05) is 20.8 Å². The molecule has 0 spiro atoms. The summed E-state index contributed by atoms with van der Waals surface area (Å²) in [5.41, 5.74) is 8.41. The first kappa shape index (κ1) is 16.5. The van der Waals surface area contributed by atoms with Gasteiger partial charge in [-0.25, -0.2) is 19.6 Å². The Bertz CT molecular complexity index is 546. The lowest BCUT2D eigenvalue weighted by molar-refractivity contribution is -0.386. The van der Waals surface area contributed by atoms with Gasteiger partial charge in [0.2, 0.25) is 0 Å². The van der Waals surface area contributed by atoms with Gasteiger partial charge in [-0.2, -0.15) is 0 Å². The molecule has 1 aromatic heterocycles. The molecule has 1 saturated heterocycles. The molecular formula is C13H23F2N6O+. The summed E-state index contributed by atoms with van der Waals surface area (Å²) in [6, 6.07) is 0.183. The number of nitrogens with zero attached hydrogens (tertiary/aromatic N) is 2. The third-order valence-electron chi connectivity index (χ3n) is 3.21. The fourth-order valence-electron chi connectivity index (χ4n) is 2.11. The normalized spacial score (nSPS) is 17.6. The summed E-state index contributed by atoms with van der Waals surface area (Å²) in [5.74, 6) is 3.19. The number of aromatic nitrogens is 2. The number of aromatic amines is 1. The number of H-pyrrole nitrogens is 1. The predicted octanol–water partition coefficient (Wildman–Crippen LogP) is 1.03. The van der Waals surface area contributed by atoms with Gasteiger partial charge in [-0.15, -0.1) is 0 Å². The number of hydrogen-bond donors (Lipinski definition) is 3. The molecular weight excluding hydrogens is 294 g/mol. The number of ether oxygens (including phenoxy) is 1. The third-order valence-corrected chi connectivity index (χ3v) is 3.21. The number of nitrogens with two attached hydrogens (primary N) is 2. The molecule has 0 atom stereocenters. The monoisotopic (exact) mass is 317 g/mol. The molecule has 0 radical (unpaired) electrons. The molecule has 0 saturated carbocycles. The third kappa shape index (κ3) is 3.85. The van der Waals surface area contributed by atoms with Crippen molar-refractivity contribution in [2.24, 2.45) is 11.3 Å². The van der Waals surface area contributed by atoms with E-state index in [1.54, 1.807) is 0 Å². The van der Waals surface area contributed by atoms with Crippen molar-refractivity contribution in [2.75, 3.05) is 35.8 Å². The summed E-state index contributed by atoms with van der Waals surface area (Å²) in [6.07, 6.45) is -0.216. The quantitative estimate of drug-likeness (QED) is 0.566. The van der Waals surface area contributed by atoms with Crippen LogP contribution >= 0.6 is 0 Å². The SMILES string of the molecule is CC(C)(C)COc1nc(NN)c(N)c(N2CCC(F)(F)C2)[nH+]1. The molecule has 22 heavy (non-hydrogen) atoms. The van der Waals surface area contributed by atoms with Crippen molar-refractivity contribution < 1.29 is 18.5 Å². The first-order valence-electron chi connectivity index (χ1n) is 7.06. The van der Waals surface area contributed by atoms with Crippen LogP contribution < -0.4 is 31.6 Å². The lowest BCUT2D eigenvalue weighted by Crippen LogP contribution is -2.33. The molecule has 7 nitrogen and oxygen atoms in total. The molecule has 1 fully saturated rings. The highest BCUT2D eigenvalue weighted by Crippen LogP contribution is 2.33. The minimum absolute atomic E-state index is 0.0753. The van der Waals surface area contributed by atoms with Crippen molar-refractivity contribution in [2.45, 2.75) is 33.1 Å². The topological polar surface area (TPSA) is 104 Å². The Balaban J connectivity index is 2.28. The second-order valence-corrected chi connectivity index (χ2v) is 6.67. The molecule has 6 N–H and O–H groups in total. The van der Waals surface area contributed by atoms with Crippen molar-refractivity contribution in [3.8, 4) is 6.01 Å². The van der Waals surface area contributed by atoms with Gasteiger partial charge in [-0.1, -0.05) is 20.8 Å². The van der Waals surface area contributed by atoms with E-state index in [0.717, 1.165) is 0 Å². The Hall–Kier alpha value is -1.90. The van der Waals surface area contributed by atoms with Crippen LogP contribution in [0.2, 0.25) is 0 Å². The predicted molar refractivity (Wildman–Crippen MR) is 79.7 cm³/mol. The van der Waals surface area contributed by atoms with Crippen molar-refractivity contribution in [3.63, 3.8) is 0 Å². The second-order valence-electron chi connectivity index (χ2n) is 6.67. The van der Waals surface area contributed by atoms with Gasteiger partial charge >= 0.3 is 6.01 Å². The van der Waals surface area contributed by atoms with Crippen LogP contribution in [0.5, 0.6) is 6.01 Å². The molecule has 0 aromatic carbocycles. The summed E-state index contributed by atoms with van der Waals surface area (Å²) in [6.45, 7) is 6.22. The summed E-state index contributed by atoms with van der Waals surface area (Å²) in [7, 11) is 0. The average Bonchev–Trinajstić information content (AvgIpc) is 2.76. The van der Waals surface area contributed by atoms with Gasteiger partial charge in [0.25, 0.3) is 17.6 Å². The molecule has 1 aliphatic rings. The number of halogens is 2. The van der Waals surface area contributed by atoms with Gasteiger partial charge in [0.05, 0.1) is 13.2 Å². The maximum atomic E-state index is 13.4. The van der Waals surface area contributed by atoms with E-state index in [2.05, 4.69) is 15.4 Å². The summed E-state index contributed by atoms with van der Waals surface area (Å²) in [5, 5.41) is 0. The molecule has 0 aliphatic carbocycles. The Morgan fingerprint density at radius 3 is 2.64 bits per heavy atom. The minimum Gasteiger partial charge on any atom is -0.440 e. The largest absolute Gasteiger partial charge is 0.440 e. The van der Waals surface area contributed by atoms with Crippen molar-refractivity contribution in [1.82, 2.24) is 4.98 Å².